The molecular formula is C19H17FN2O4. The second-order valence-electron chi connectivity index (χ2n) is 5.43. The van der Waals surface area contributed by atoms with Gasteiger partial charge in [-0.3, -0.25) is 20.4 Å². The van der Waals surface area contributed by atoms with E-state index in [0.717, 1.165) is 11.5 Å². The van der Waals surface area contributed by atoms with Gasteiger partial charge in [0.1, 0.15) is 11.4 Å². The number of furan rings is 1. The topological polar surface area (TPSA) is 80.6 Å². The van der Waals surface area contributed by atoms with Crippen LogP contribution in [0, 0.1) is 5.82 Å². The molecule has 0 atom stereocenters. The van der Waals surface area contributed by atoms with E-state index in [2.05, 4.69) is 10.9 Å². The summed E-state index contributed by atoms with van der Waals surface area (Å²) in [5.41, 5.74) is 5.38. The van der Waals surface area contributed by atoms with Crippen molar-refractivity contribution in [3.8, 4) is 0 Å². The predicted octanol–water partition coefficient (Wildman–Crippen LogP) is 3.18. The van der Waals surface area contributed by atoms with Gasteiger partial charge in [-0.1, -0.05) is 30.3 Å². The lowest BCUT2D eigenvalue weighted by Gasteiger charge is -2.08. The number of nitrogens with one attached hydrogen (secondary N) is 2. The zero-order valence-corrected chi connectivity index (χ0v) is 14.0. The van der Waals surface area contributed by atoms with Gasteiger partial charge in [-0.25, -0.2) is 4.39 Å². The number of carbonyl (C=O) groups excluding carboxylic acids is 2. The van der Waals surface area contributed by atoms with Gasteiger partial charge in [0, 0.05) is 17.6 Å². The van der Waals surface area contributed by atoms with Crippen LogP contribution in [0.15, 0.2) is 52.9 Å². The summed E-state index contributed by atoms with van der Waals surface area (Å²) in [6, 6.07) is 12.7. The number of hydrogen-bond acceptors (Lipinski definition) is 4. The van der Waals surface area contributed by atoms with Crippen molar-refractivity contribution in [2.75, 3.05) is 6.61 Å². The van der Waals surface area contributed by atoms with E-state index in [1.807, 2.05) is 19.1 Å². The number of hydrogen-bond donors (Lipinski definition) is 2. The van der Waals surface area contributed by atoms with Gasteiger partial charge in [-0.2, -0.15) is 0 Å². The molecule has 1 aromatic heterocycles. The van der Waals surface area contributed by atoms with Crippen molar-refractivity contribution < 1.29 is 23.1 Å². The summed E-state index contributed by atoms with van der Waals surface area (Å²) in [4.78, 5) is 24.5. The maximum Gasteiger partial charge on any atom is 0.305 e. The molecule has 3 rings (SSSR count). The first-order valence-corrected chi connectivity index (χ1v) is 8.05. The van der Waals surface area contributed by atoms with Crippen LogP contribution in [0.25, 0.3) is 11.0 Å². The van der Waals surface area contributed by atoms with Crippen LogP contribution in [0.4, 0.5) is 4.39 Å². The van der Waals surface area contributed by atoms with E-state index in [4.69, 9.17) is 9.15 Å². The summed E-state index contributed by atoms with van der Waals surface area (Å²) >= 11 is 0. The average Bonchev–Trinajstić information content (AvgIpc) is 3.03. The van der Waals surface area contributed by atoms with Crippen molar-refractivity contribution in [1.29, 1.82) is 0 Å². The highest BCUT2D eigenvalue weighted by atomic mass is 19.1. The summed E-state index contributed by atoms with van der Waals surface area (Å²) < 4.78 is 24.6. The third-order valence-corrected chi connectivity index (χ3v) is 3.76. The van der Waals surface area contributed by atoms with E-state index < -0.39 is 17.6 Å². The van der Waals surface area contributed by atoms with E-state index >= 15 is 0 Å². The maximum absolute atomic E-state index is 13.6. The Kier molecular flexibility index (Phi) is 5.28. The quantitative estimate of drug-likeness (QED) is 0.688. The summed E-state index contributed by atoms with van der Waals surface area (Å²) in [6.45, 7) is 2.51. The van der Waals surface area contributed by atoms with Crippen LogP contribution >= 0.6 is 0 Å². The number of rotatable bonds is 5. The summed E-state index contributed by atoms with van der Waals surface area (Å²) in [7, 11) is 0. The van der Waals surface area contributed by atoms with Crippen molar-refractivity contribution >= 4 is 22.8 Å². The lowest BCUT2D eigenvalue weighted by atomic mass is 10.1. The molecule has 3 aromatic rings. The minimum absolute atomic E-state index is 0.0356. The number of hydrazine groups is 1. The molecule has 0 bridgehead atoms. The molecule has 26 heavy (non-hydrogen) atoms. The smallest absolute Gasteiger partial charge is 0.305 e. The van der Waals surface area contributed by atoms with Gasteiger partial charge in [0.25, 0.3) is 5.91 Å². The number of para-hydroxylation sites is 1. The summed E-state index contributed by atoms with van der Waals surface area (Å²) in [5, 5.41) is 0.756. The van der Waals surface area contributed by atoms with Crippen molar-refractivity contribution in [3.05, 3.63) is 71.2 Å². The van der Waals surface area contributed by atoms with Gasteiger partial charge in [0.2, 0.25) is 0 Å². The highest BCUT2D eigenvalue weighted by molar-refractivity contribution is 6.01. The fraction of sp³-hybridized carbons (Fsp3) is 0.158. The molecule has 0 saturated heterocycles. The summed E-state index contributed by atoms with van der Waals surface area (Å²) in [6.07, 6.45) is 0. The largest absolute Gasteiger partial charge is 0.450 e. The average molecular weight is 356 g/mol. The van der Waals surface area contributed by atoms with Crippen molar-refractivity contribution in [3.63, 3.8) is 0 Å². The molecule has 6 nitrogen and oxygen atoms in total. The second kappa shape index (κ2) is 7.79. The molecule has 2 N–H and O–H groups in total. The number of ether oxygens (including phenoxy) is 1. The van der Waals surface area contributed by atoms with Gasteiger partial charge in [-0.05, 0) is 25.1 Å². The van der Waals surface area contributed by atoms with Crippen LogP contribution in [-0.4, -0.2) is 18.4 Å². The molecule has 0 aliphatic rings. The first-order chi connectivity index (χ1) is 12.6. The minimum atomic E-state index is -0.765. The molecular weight excluding hydrogens is 339 g/mol. The van der Waals surface area contributed by atoms with Gasteiger partial charge in [0.05, 0.1) is 12.2 Å². The number of carbonyl (C=O) groups is 2. The molecule has 2 amide bonds. The SMILES string of the molecule is CCOCc1c(C(=O)NNC(=O)c2ccccc2F)oc2ccccc12. The van der Waals surface area contributed by atoms with E-state index in [1.165, 1.54) is 18.2 Å². The monoisotopic (exact) mass is 356 g/mol. The molecule has 0 fully saturated rings. The van der Waals surface area contributed by atoms with Crippen LogP contribution < -0.4 is 10.9 Å². The van der Waals surface area contributed by atoms with Crippen molar-refractivity contribution in [2.45, 2.75) is 13.5 Å². The van der Waals surface area contributed by atoms with Crippen LogP contribution in [0.3, 0.4) is 0 Å². The molecule has 0 radical (unpaired) electrons. The zero-order chi connectivity index (χ0) is 18.5. The molecule has 0 aliphatic carbocycles. The Morgan fingerprint density at radius 1 is 1.04 bits per heavy atom. The Balaban J connectivity index is 1.79. The molecule has 0 spiro atoms. The van der Waals surface area contributed by atoms with E-state index in [0.29, 0.717) is 17.8 Å². The zero-order valence-electron chi connectivity index (χ0n) is 14.0. The first kappa shape index (κ1) is 17.6. The fourth-order valence-electron chi connectivity index (χ4n) is 2.51. The Hall–Kier alpha value is -3.19. The molecule has 0 unspecified atom stereocenters. The van der Waals surface area contributed by atoms with Gasteiger partial charge in [0.15, 0.2) is 5.76 Å². The normalized spacial score (nSPS) is 10.7. The summed E-state index contributed by atoms with van der Waals surface area (Å²) in [5.74, 6) is -2.06. The molecule has 0 aliphatic heterocycles. The second-order valence-corrected chi connectivity index (χ2v) is 5.43. The lowest BCUT2D eigenvalue weighted by Crippen LogP contribution is -2.42. The Morgan fingerprint density at radius 3 is 2.50 bits per heavy atom. The number of amides is 2. The Morgan fingerprint density at radius 2 is 1.73 bits per heavy atom. The van der Waals surface area contributed by atoms with E-state index in [1.54, 1.807) is 12.1 Å². The fourth-order valence-corrected chi connectivity index (χ4v) is 2.51. The molecule has 2 aromatic carbocycles. The van der Waals surface area contributed by atoms with Crippen LogP contribution in [0.1, 0.15) is 33.4 Å². The molecule has 7 heteroatoms. The number of fused-ring (bicyclic) bond motifs is 1. The van der Waals surface area contributed by atoms with Crippen LogP contribution in [-0.2, 0) is 11.3 Å². The predicted molar refractivity (Wildman–Crippen MR) is 92.9 cm³/mol. The number of halogens is 1. The van der Waals surface area contributed by atoms with Crippen molar-refractivity contribution in [1.82, 2.24) is 10.9 Å². The Bertz CT molecular complexity index is 952. The first-order valence-electron chi connectivity index (χ1n) is 8.05. The van der Waals surface area contributed by atoms with Crippen molar-refractivity contribution in [2.24, 2.45) is 0 Å². The highest BCUT2D eigenvalue weighted by Gasteiger charge is 2.21. The van der Waals surface area contributed by atoms with Gasteiger partial charge >= 0.3 is 5.91 Å². The van der Waals surface area contributed by atoms with Crippen LogP contribution in [0.5, 0.6) is 0 Å². The van der Waals surface area contributed by atoms with E-state index in [9.17, 15) is 14.0 Å². The van der Waals surface area contributed by atoms with Gasteiger partial charge in [-0.15, -0.1) is 0 Å². The minimum Gasteiger partial charge on any atom is -0.450 e. The molecule has 134 valence electrons. The number of benzene rings is 2. The Labute approximate surface area is 148 Å². The molecule has 0 saturated carbocycles. The highest BCUT2D eigenvalue weighted by Crippen LogP contribution is 2.26. The third kappa shape index (κ3) is 3.57. The third-order valence-electron chi connectivity index (χ3n) is 3.76. The van der Waals surface area contributed by atoms with Gasteiger partial charge < -0.3 is 9.15 Å². The lowest BCUT2D eigenvalue weighted by molar-refractivity contribution is 0.0823. The molecule has 1 heterocycles. The van der Waals surface area contributed by atoms with Crippen LogP contribution in [0.2, 0.25) is 0 Å². The van der Waals surface area contributed by atoms with E-state index in [-0.39, 0.29) is 17.9 Å². The maximum atomic E-state index is 13.6. The standard InChI is InChI=1S/C19H17FN2O4/c1-2-25-11-14-12-7-4-6-10-16(12)26-17(14)19(24)22-21-18(23)13-8-3-5-9-15(13)20/h3-10H,2,11H2,1H3,(H,21,23)(H,22,24).